The van der Waals surface area contributed by atoms with Crippen molar-refractivity contribution in [3.63, 3.8) is 0 Å². The molecule has 2 rings (SSSR count). The first kappa shape index (κ1) is 17.7. The molecule has 1 N–H and O–H groups in total. The molecule has 0 fully saturated rings. The van der Waals surface area contributed by atoms with E-state index in [0.717, 1.165) is 8.95 Å². The van der Waals surface area contributed by atoms with Gasteiger partial charge in [-0.2, -0.15) is 0 Å². The molecule has 0 aliphatic rings. The molecule has 0 bridgehead atoms. The number of benzene rings is 2. The normalized spacial score (nSPS) is 11.7. The Balaban J connectivity index is 2.00. The lowest BCUT2D eigenvalue weighted by molar-refractivity contribution is -0.122. The van der Waals surface area contributed by atoms with E-state index < -0.39 is 6.10 Å². The molecule has 0 spiro atoms. The van der Waals surface area contributed by atoms with Crippen LogP contribution in [0.2, 0.25) is 0 Å². The van der Waals surface area contributed by atoms with Gasteiger partial charge in [0, 0.05) is 15.7 Å². The topological polar surface area (TPSA) is 55.4 Å². The summed E-state index contributed by atoms with van der Waals surface area (Å²) in [6.07, 6.45) is -0.667. The van der Waals surface area contributed by atoms with Crippen LogP contribution in [0.5, 0.6) is 5.75 Å². The lowest BCUT2D eigenvalue weighted by Crippen LogP contribution is -2.30. The molecule has 0 heterocycles. The van der Waals surface area contributed by atoms with Gasteiger partial charge in [0.25, 0.3) is 5.91 Å². The minimum absolute atomic E-state index is 0.0142. The number of ether oxygens (including phenoxy) is 1. The molecule has 1 amide bonds. The van der Waals surface area contributed by atoms with E-state index in [1.54, 1.807) is 37.3 Å². The highest BCUT2D eigenvalue weighted by Crippen LogP contribution is 2.29. The van der Waals surface area contributed by atoms with Crippen molar-refractivity contribution < 1.29 is 14.3 Å². The molecule has 0 aliphatic carbocycles. The Kier molecular flexibility index (Phi) is 5.96. The van der Waals surface area contributed by atoms with Crippen LogP contribution in [-0.2, 0) is 4.79 Å². The third-order valence-electron chi connectivity index (χ3n) is 3.13. The van der Waals surface area contributed by atoms with E-state index in [9.17, 15) is 9.59 Å². The highest BCUT2D eigenvalue weighted by molar-refractivity contribution is 9.11. The maximum Gasteiger partial charge on any atom is 0.265 e. The molecular formula is C17H15Br2NO3. The van der Waals surface area contributed by atoms with Gasteiger partial charge in [0.1, 0.15) is 5.75 Å². The minimum Gasteiger partial charge on any atom is -0.480 e. The number of hydrogen-bond acceptors (Lipinski definition) is 3. The van der Waals surface area contributed by atoms with Crippen LogP contribution in [0.1, 0.15) is 24.2 Å². The summed E-state index contributed by atoms with van der Waals surface area (Å²) in [6.45, 7) is 3.17. The van der Waals surface area contributed by atoms with Crippen LogP contribution in [0.15, 0.2) is 51.4 Å². The second-order valence-corrected chi connectivity index (χ2v) is 6.73. The van der Waals surface area contributed by atoms with E-state index in [1.165, 1.54) is 6.92 Å². The Bertz CT molecular complexity index is 729. The fraction of sp³-hybridized carbons (Fsp3) is 0.176. The Labute approximate surface area is 151 Å². The molecule has 6 heteroatoms. The first-order valence-corrected chi connectivity index (χ1v) is 8.49. The Morgan fingerprint density at radius 2 is 1.74 bits per heavy atom. The minimum atomic E-state index is -0.667. The van der Waals surface area contributed by atoms with Crippen LogP contribution in [-0.4, -0.2) is 17.8 Å². The average molecular weight is 441 g/mol. The van der Waals surface area contributed by atoms with Crippen molar-refractivity contribution in [1.82, 2.24) is 0 Å². The predicted molar refractivity (Wildman–Crippen MR) is 97.0 cm³/mol. The third-order valence-corrected chi connectivity index (χ3v) is 4.24. The number of hydrogen-bond donors (Lipinski definition) is 1. The van der Waals surface area contributed by atoms with E-state index in [0.29, 0.717) is 17.0 Å². The second kappa shape index (κ2) is 7.75. The number of ketones is 1. The van der Waals surface area contributed by atoms with E-state index in [-0.39, 0.29) is 11.7 Å². The summed E-state index contributed by atoms with van der Waals surface area (Å²) in [6, 6.07) is 12.2. The van der Waals surface area contributed by atoms with Crippen molar-refractivity contribution in [3.05, 3.63) is 57.0 Å². The van der Waals surface area contributed by atoms with E-state index in [2.05, 4.69) is 37.2 Å². The lowest BCUT2D eigenvalue weighted by atomic mass is 10.1. The number of halogens is 2. The monoisotopic (exact) mass is 439 g/mol. The number of Topliss-reactive ketones (excluding diaryl/α,β-unsaturated/α-hetero) is 1. The van der Waals surface area contributed by atoms with Crippen LogP contribution >= 0.6 is 31.9 Å². The largest absolute Gasteiger partial charge is 0.480 e. The summed E-state index contributed by atoms with van der Waals surface area (Å²) in [4.78, 5) is 23.4. The molecule has 1 atom stereocenters. The molecule has 1 unspecified atom stereocenters. The molecule has 0 aliphatic heterocycles. The molecule has 0 aromatic heterocycles. The summed E-state index contributed by atoms with van der Waals surface area (Å²) < 4.78 is 7.34. The van der Waals surface area contributed by atoms with Gasteiger partial charge in [-0.05, 0) is 72.2 Å². The molecule has 0 saturated heterocycles. The van der Waals surface area contributed by atoms with Gasteiger partial charge in [0.15, 0.2) is 11.9 Å². The zero-order valence-corrected chi connectivity index (χ0v) is 15.8. The maximum absolute atomic E-state index is 12.2. The molecule has 0 saturated carbocycles. The highest BCUT2D eigenvalue weighted by atomic mass is 79.9. The van der Waals surface area contributed by atoms with E-state index in [4.69, 9.17) is 4.74 Å². The van der Waals surface area contributed by atoms with Gasteiger partial charge in [-0.25, -0.2) is 0 Å². The Morgan fingerprint density at radius 1 is 1.09 bits per heavy atom. The maximum atomic E-state index is 12.2. The van der Waals surface area contributed by atoms with Crippen molar-refractivity contribution in [3.8, 4) is 5.75 Å². The van der Waals surface area contributed by atoms with Crippen LogP contribution in [0, 0.1) is 0 Å². The first-order valence-electron chi connectivity index (χ1n) is 6.90. The summed E-state index contributed by atoms with van der Waals surface area (Å²) in [7, 11) is 0. The van der Waals surface area contributed by atoms with Crippen LogP contribution in [0.3, 0.4) is 0 Å². The SMILES string of the molecule is CC(=O)c1ccc(NC(=O)C(C)Oc2ccc(Br)cc2Br)cc1. The van der Waals surface area contributed by atoms with Crippen molar-refractivity contribution >= 4 is 49.2 Å². The Hall–Kier alpha value is -1.66. The number of nitrogens with one attached hydrogen (secondary N) is 1. The Morgan fingerprint density at radius 3 is 2.30 bits per heavy atom. The highest BCUT2D eigenvalue weighted by Gasteiger charge is 2.16. The number of anilines is 1. The molecule has 2 aromatic rings. The smallest absolute Gasteiger partial charge is 0.265 e. The molecule has 23 heavy (non-hydrogen) atoms. The van der Waals surface area contributed by atoms with Gasteiger partial charge >= 0.3 is 0 Å². The van der Waals surface area contributed by atoms with Crippen molar-refractivity contribution in [2.45, 2.75) is 20.0 Å². The molecule has 2 aromatic carbocycles. The molecular weight excluding hydrogens is 426 g/mol. The quantitative estimate of drug-likeness (QED) is 0.678. The predicted octanol–water partition coefficient (Wildman–Crippen LogP) is 4.82. The van der Waals surface area contributed by atoms with Gasteiger partial charge in [-0.3, -0.25) is 9.59 Å². The van der Waals surface area contributed by atoms with Crippen LogP contribution in [0.4, 0.5) is 5.69 Å². The number of carbonyl (C=O) groups excluding carboxylic acids is 2. The number of carbonyl (C=O) groups is 2. The van der Waals surface area contributed by atoms with Gasteiger partial charge in [-0.15, -0.1) is 0 Å². The zero-order chi connectivity index (χ0) is 17.0. The van der Waals surface area contributed by atoms with Gasteiger partial charge < -0.3 is 10.1 Å². The summed E-state index contributed by atoms with van der Waals surface area (Å²) in [5.74, 6) is 0.304. The van der Waals surface area contributed by atoms with Crippen LogP contribution in [0.25, 0.3) is 0 Å². The van der Waals surface area contributed by atoms with Crippen molar-refractivity contribution in [1.29, 1.82) is 0 Å². The van der Waals surface area contributed by atoms with E-state index >= 15 is 0 Å². The number of amides is 1. The van der Waals surface area contributed by atoms with Gasteiger partial charge in [0.05, 0.1) is 4.47 Å². The van der Waals surface area contributed by atoms with Gasteiger partial charge in [-0.1, -0.05) is 15.9 Å². The van der Waals surface area contributed by atoms with E-state index in [1.807, 2.05) is 12.1 Å². The second-order valence-electron chi connectivity index (χ2n) is 4.96. The first-order chi connectivity index (χ1) is 10.9. The van der Waals surface area contributed by atoms with Gasteiger partial charge in [0.2, 0.25) is 0 Å². The third kappa shape index (κ3) is 4.91. The standard InChI is InChI=1S/C17H15Br2NO3/c1-10(21)12-3-6-14(7-4-12)20-17(22)11(2)23-16-8-5-13(18)9-15(16)19/h3-9,11H,1-2H3,(H,20,22). The molecule has 120 valence electrons. The zero-order valence-electron chi connectivity index (χ0n) is 12.6. The lowest BCUT2D eigenvalue weighted by Gasteiger charge is -2.16. The number of rotatable bonds is 5. The average Bonchev–Trinajstić information content (AvgIpc) is 2.50. The molecule has 0 radical (unpaired) electrons. The van der Waals surface area contributed by atoms with Crippen LogP contribution < -0.4 is 10.1 Å². The molecule has 4 nitrogen and oxygen atoms in total. The fourth-order valence-corrected chi connectivity index (χ4v) is 2.99. The summed E-state index contributed by atoms with van der Waals surface area (Å²) >= 11 is 6.76. The van der Waals surface area contributed by atoms with Crippen molar-refractivity contribution in [2.75, 3.05) is 5.32 Å². The fourth-order valence-electron chi connectivity index (χ4n) is 1.85. The van der Waals surface area contributed by atoms with Crippen molar-refractivity contribution in [2.24, 2.45) is 0 Å². The summed E-state index contributed by atoms with van der Waals surface area (Å²) in [5, 5.41) is 2.76. The summed E-state index contributed by atoms with van der Waals surface area (Å²) in [5.41, 5.74) is 1.22.